The lowest BCUT2D eigenvalue weighted by atomic mass is 9.86. The van der Waals surface area contributed by atoms with Crippen molar-refractivity contribution in [1.29, 1.82) is 0 Å². The van der Waals surface area contributed by atoms with E-state index >= 15 is 0 Å². The quantitative estimate of drug-likeness (QED) is 0.646. The fourth-order valence-electron chi connectivity index (χ4n) is 3.38. The number of aryl methyl sites for hydroxylation is 2. The van der Waals surface area contributed by atoms with Gasteiger partial charge in [-0.3, -0.25) is 0 Å². The Balaban J connectivity index is 1.89. The Morgan fingerprint density at radius 3 is 2.69 bits per heavy atom. The van der Waals surface area contributed by atoms with Crippen LogP contribution in [0.5, 0.6) is 0 Å². The van der Waals surface area contributed by atoms with E-state index in [2.05, 4.69) is 52.8 Å². The number of para-hydroxylation sites is 1. The van der Waals surface area contributed by atoms with Crippen molar-refractivity contribution in [3.05, 3.63) is 82.9 Å². The van der Waals surface area contributed by atoms with Crippen molar-refractivity contribution in [1.82, 2.24) is 9.97 Å². The van der Waals surface area contributed by atoms with Crippen LogP contribution in [-0.2, 0) is 17.4 Å². The summed E-state index contributed by atoms with van der Waals surface area (Å²) in [7, 11) is -1.08. The fourth-order valence-corrected chi connectivity index (χ4v) is 3.89. The van der Waals surface area contributed by atoms with E-state index in [0.717, 1.165) is 24.2 Å². The Hall–Kier alpha value is -2.40. The van der Waals surface area contributed by atoms with Crippen molar-refractivity contribution in [2.24, 2.45) is 0 Å². The topological polar surface area (TPSA) is 57.8 Å². The average Bonchev–Trinajstić information content (AvgIpc) is 3.14. The summed E-state index contributed by atoms with van der Waals surface area (Å²) in [6.45, 7) is 4.34. The largest absolute Gasteiger partial charge is 0.348 e. The van der Waals surface area contributed by atoms with Crippen LogP contribution in [-0.4, -0.2) is 20.4 Å². The van der Waals surface area contributed by atoms with Crippen molar-refractivity contribution in [3.63, 3.8) is 0 Å². The first-order valence-corrected chi connectivity index (χ1v) is 10.3. The molecule has 3 aromatic rings. The molecule has 3 rings (SSSR count). The molecule has 0 aliphatic heterocycles. The van der Waals surface area contributed by atoms with Crippen molar-refractivity contribution in [3.8, 4) is 0 Å². The Bertz CT molecular complexity index is 890. The van der Waals surface area contributed by atoms with E-state index in [1.165, 1.54) is 22.3 Å². The van der Waals surface area contributed by atoms with Crippen LogP contribution in [0, 0.1) is 13.8 Å². The zero-order valence-electron chi connectivity index (χ0n) is 15.5. The summed E-state index contributed by atoms with van der Waals surface area (Å²) in [5, 5.41) is 0. The number of nitrogens with one attached hydrogen (secondary N) is 2. The number of benzene rings is 2. The molecular weight excluding hydrogens is 342 g/mol. The lowest BCUT2D eigenvalue weighted by Gasteiger charge is -2.20. The van der Waals surface area contributed by atoms with Crippen LogP contribution in [0.2, 0.25) is 0 Å². The van der Waals surface area contributed by atoms with Crippen LogP contribution in [0.3, 0.4) is 0 Å². The van der Waals surface area contributed by atoms with Crippen molar-refractivity contribution >= 4 is 16.7 Å². The Labute approximate surface area is 157 Å². The second-order valence-corrected chi connectivity index (χ2v) is 7.71. The maximum atomic E-state index is 11.6. The SMILES string of the molecule is Cc1cccc(C(CCc2ccccc2NS(C)=O)c2cnc[nH]2)c1C. The van der Waals surface area contributed by atoms with E-state index in [1.807, 2.05) is 24.4 Å². The molecule has 0 aliphatic carbocycles. The maximum Gasteiger partial charge on any atom is 0.113 e. The Morgan fingerprint density at radius 2 is 1.96 bits per heavy atom. The molecule has 5 heteroatoms. The number of imidazole rings is 1. The number of aromatic nitrogens is 2. The van der Waals surface area contributed by atoms with E-state index in [0.29, 0.717) is 0 Å². The molecule has 2 N–H and O–H groups in total. The molecule has 2 unspecified atom stereocenters. The van der Waals surface area contributed by atoms with Gasteiger partial charge in [0.1, 0.15) is 11.0 Å². The monoisotopic (exact) mass is 367 g/mol. The average molecular weight is 368 g/mol. The highest BCUT2D eigenvalue weighted by Gasteiger charge is 2.19. The van der Waals surface area contributed by atoms with Crippen LogP contribution in [0.15, 0.2) is 55.0 Å². The predicted molar refractivity (Wildman–Crippen MR) is 109 cm³/mol. The molecule has 0 amide bonds. The summed E-state index contributed by atoms with van der Waals surface area (Å²) in [6.07, 6.45) is 7.14. The van der Waals surface area contributed by atoms with Gasteiger partial charge in [0, 0.05) is 29.8 Å². The first-order valence-electron chi connectivity index (χ1n) is 8.78. The Kier molecular flexibility index (Phi) is 5.89. The van der Waals surface area contributed by atoms with Crippen molar-refractivity contribution in [2.45, 2.75) is 32.6 Å². The van der Waals surface area contributed by atoms with Gasteiger partial charge in [0.15, 0.2) is 0 Å². The highest BCUT2D eigenvalue weighted by Crippen LogP contribution is 2.32. The molecule has 1 aromatic heterocycles. The summed E-state index contributed by atoms with van der Waals surface area (Å²) in [5.74, 6) is 0.248. The fraction of sp³-hybridized carbons (Fsp3) is 0.286. The van der Waals surface area contributed by atoms with Crippen molar-refractivity contribution in [2.75, 3.05) is 11.0 Å². The molecule has 0 fully saturated rings. The summed E-state index contributed by atoms with van der Waals surface area (Å²) < 4.78 is 14.6. The molecule has 2 atom stereocenters. The molecule has 0 bridgehead atoms. The number of nitrogens with zero attached hydrogens (tertiary/aromatic N) is 1. The third-order valence-corrected chi connectivity index (χ3v) is 5.40. The van der Waals surface area contributed by atoms with Gasteiger partial charge in [0.25, 0.3) is 0 Å². The van der Waals surface area contributed by atoms with Gasteiger partial charge in [0.05, 0.1) is 6.33 Å². The van der Waals surface area contributed by atoms with Crippen LogP contribution >= 0.6 is 0 Å². The Morgan fingerprint density at radius 1 is 1.15 bits per heavy atom. The van der Waals surface area contributed by atoms with Crippen molar-refractivity contribution < 1.29 is 4.21 Å². The van der Waals surface area contributed by atoms with Gasteiger partial charge in [0.2, 0.25) is 0 Å². The number of rotatable bonds is 7. The second-order valence-electron chi connectivity index (χ2n) is 6.60. The molecule has 1 heterocycles. The summed E-state index contributed by atoms with van der Waals surface area (Å²) >= 11 is 0. The summed E-state index contributed by atoms with van der Waals surface area (Å²) in [6, 6.07) is 14.6. The van der Waals surface area contributed by atoms with Gasteiger partial charge in [-0.15, -0.1) is 0 Å². The lowest BCUT2D eigenvalue weighted by molar-refractivity contribution is 0.688. The number of H-pyrrole nitrogens is 1. The van der Waals surface area contributed by atoms with Gasteiger partial charge in [-0.05, 0) is 55.0 Å². The normalized spacial score (nSPS) is 13.3. The third kappa shape index (κ3) is 4.22. The van der Waals surface area contributed by atoms with Gasteiger partial charge < -0.3 is 9.71 Å². The van der Waals surface area contributed by atoms with Crippen LogP contribution in [0.25, 0.3) is 0 Å². The lowest BCUT2D eigenvalue weighted by Crippen LogP contribution is -2.08. The van der Waals surface area contributed by atoms with Gasteiger partial charge in [-0.25, -0.2) is 9.19 Å². The highest BCUT2D eigenvalue weighted by molar-refractivity contribution is 7.85. The van der Waals surface area contributed by atoms with E-state index < -0.39 is 11.0 Å². The smallest absolute Gasteiger partial charge is 0.113 e. The minimum atomic E-state index is -1.08. The first-order chi connectivity index (χ1) is 12.6. The van der Waals surface area contributed by atoms with Gasteiger partial charge in [-0.1, -0.05) is 36.4 Å². The summed E-state index contributed by atoms with van der Waals surface area (Å²) in [4.78, 5) is 7.51. The number of hydrogen-bond acceptors (Lipinski definition) is 2. The van der Waals surface area contributed by atoms with E-state index in [4.69, 9.17) is 0 Å². The molecule has 26 heavy (non-hydrogen) atoms. The number of anilines is 1. The third-order valence-electron chi connectivity index (χ3n) is 4.89. The van der Waals surface area contributed by atoms with Gasteiger partial charge >= 0.3 is 0 Å². The van der Waals surface area contributed by atoms with Crippen LogP contribution in [0.4, 0.5) is 5.69 Å². The standard InChI is InChI=1S/C21H25N3OS/c1-15-7-6-9-18(16(15)2)19(21-13-22-14-23-21)12-11-17-8-4-5-10-20(17)24-26(3)25/h4-10,13-14,19,24H,11-12H2,1-3H3,(H,22,23). The molecule has 2 aromatic carbocycles. The van der Waals surface area contributed by atoms with E-state index in [-0.39, 0.29) is 5.92 Å². The number of aromatic amines is 1. The maximum absolute atomic E-state index is 11.6. The van der Waals surface area contributed by atoms with E-state index in [1.54, 1.807) is 12.6 Å². The zero-order valence-corrected chi connectivity index (χ0v) is 16.3. The molecule has 0 aliphatic rings. The first kappa shape index (κ1) is 18.4. The second kappa shape index (κ2) is 8.32. The summed E-state index contributed by atoms with van der Waals surface area (Å²) in [5.41, 5.74) is 7.21. The number of hydrogen-bond donors (Lipinski definition) is 2. The minimum absolute atomic E-state index is 0.248. The minimum Gasteiger partial charge on any atom is -0.348 e. The molecule has 136 valence electrons. The van der Waals surface area contributed by atoms with Gasteiger partial charge in [-0.2, -0.15) is 0 Å². The van der Waals surface area contributed by atoms with Crippen LogP contribution in [0.1, 0.15) is 40.3 Å². The molecule has 0 radical (unpaired) electrons. The predicted octanol–water partition coefficient (Wildman–Crippen LogP) is 4.50. The molecule has 4 nitrogen and oxygen atoms in total. The molecule has 0 saturated carbocycles. The van der Waals surface area contributed by atoms with E-state index in [9.17, 15) is 4.21 Å². The molecular formula is C21H25N3OS. The zero-order chi connectivity index (χ0) is 18.5. The highest BCUT2D eigenvalue weighted by atomic mass is 32.2. The molecule has 0 saturated heterocycles. The molecule has 0 spiro atoms. The van der Waals surface area contributed by atoms with Crippen LogP contribution < -0.4 is 4.72 Å².